The molecule has 3 heterocycles. The first-order valence-electron chi connectivity index (χ1n) is 7.35. The molecule has 0 aliphatic carbocycles. The highest BCUT2D eigenvalue weighted by Crippen LogP contribution is 2.26. The molecule has 21 heavy (non-hydrogen) atoms. The van der Waals surface area contributed by atoms with E-state index in [1.165, 1.54) is 0 Å². The maximum Gasteiger partial charge on any atom is 0.257 e. The molecule has 1 N–H and O–H groups in total. The first-order chi connectivity index (χ1) is 10.0. The van der Waals surface area contributed by atoms with Gasteiger partial charge in [0.15, 0.2) is 0 Å². The number of piperidine rings is 1. The van der Waals surface area contributed by atoms with Crippen LogP contribution in [0.5, 0.6) is 0 Å². The van der Waals surface area contributed by atoms with Gasteiger partial charge >= 0.3 is 0 Å². The number of hydrogen-bond donors (Lipinski definition) is 1. The zero-order valence-electron chi connectivity index (χ0n) is 12.8. The van der Waals surface area contributed by atoms with Crippen molar-refractivity contribution in [1.82, 2.24) is 24.6 Å². The summed E-state index contributed by atoms with van der Waals surface area (Å²) in [6.45, 7) is 5.41. The van der Waals surface area contributed by atoms with Gasteiger partial charge in [-0.2, -0.15) is 5.10 Å². The molecule has 2 aromatic rings. The summed E-state index contributed by atoms with van der Waals surface area (Å²) in [7, 11) is 1.84. The summed E-state index contributed by atoms with van der Waals surface area (Å²) in [5, 5.41) is 4.26. The van der Waals surface area contributed by atoms with Crippen molar-refractivity contribution in [3.05, 3.63) is 35.2 Å². The summed E-state index contributed by atoms with van der Waals surface area (Å²) in [6, 6.07) is 0. The number of nitrogens with zero attached hydrogens (tertiary/aromatic N) is 4. The van der Waals surface area contributed by atoms with Crippen LogP contribution in [0, 0.1) is 13.8 Å². The number of aryl methyl sites for hydroxylation is 3. The molecular formula is C15H21N5O. The number of rotatable bonds is 2. The topological polar surface area (TPSA) is 66.8 Å². The monoisotopic (exact) mass is 287 g/mol. The Balaban J connectivity index is 1.77. The van der Waals surface area contributed by atoms with Crippen molar-refractivity contribution < 1.29 is 4.79 Å². The lowest BCUT2D eigenvalue weighted by Gasteiger charge is -2.31. The number of H-pyrrole nitrogens is 1. The minimum absolute atomic E-state index is 0.0774. The van der Waals surface area contributed by atoms with Crippen LogP contribution in [0.2, 0.25) is 0 Å². The van der Waals surface area contributed by atoms with Gasteiger partial charge < -0.3 is 9.88 Å². The quantitative estimate of drug-likeness (QED) is 0.915. The van der Waals surface area contributed by atoms with Crippen LogP contribution in [-0.2, 0) is 7.05 Å². The third-order valence-electron chi connectivity index (χ3n) is 4.06. The maximum atomic E-state index is 12.7. The second kappa shape index (κ2) is 5.35. The number of imidazole rings is 1. The average molecular weight is 287 g/mol. The minimum Gasteiger partial charge on any atom is -0.346 e. The van der Waals surface area contributed by atoms with E-state index in [0.717, 1.165) is 43.1 Å². The highest BCUT2D eigenvalue weighted by atomic mass is 16.2. The molecule has 0 aromatic carbocycles. The number of amides is 1. The van der Waals surface area contributed by atoms with E-state index in [2.05, 4.69) is 15.1 Å². The molecule has 0 radical (unpaired) electrons. The van der Waals surface area contributed by atoms with Crippen LogP contribution >= 0.6 is 0 Å². The first-order valence-corrected chi connectivity index (χ1v) is 7.35. The van der Waals surface area contributed by atoms with Crippen molar-refractivity contribution >= 4 is 5.91 Å². The Labute approximate surface area is 124 Å². The molecule has 0 spiro atoms. The Bertz CT molecular complexity index is 657. The van der Waals surface area contributed by atoms with Gasteiger partial charge in [-0.1, -0.05) is 0 Å². The second-order valence-electron chi connectivity index (χ2n) is 5.84. The third-order valence-corrected chi connectivity index (χ3v) is 4.06. The number of carbonyl (C=O) groups is 1. The van der Waals surface area contributed by atoms with E-state index in [0.29, 0.717) is 11.5 Å². The van der Waals surface area contributed by atoms with E-state index in [-0.39, 0.29) is 5.91 Å². The van der Waals surface area contributed by atoms with Crippen molar-refractivity contribution in [3.63, 3.8) is 0 Å². The van der Waals surface area contributed by atoms with E-state index >= 15 is 0 Å². The van der Waals surface area contributed by atoms with Gasteiger partial charge in [0.1, 0.15) is 5.82 Å². The number of hydrogen-bond acceptors (Lipinski definition) is 3. The van der Waals surface area contributed by atoms with E-state index < -0.39 is 0 Å². The number of carbonyl (C=O) groups excluding carboxylic acids is 1. The normalized spacial score (nSPS) is 19.0. The lowest BCUT2D eigenvalue weighted by atomic mass is 9.97. The van der Waals surface area contributed by atoms with Crippen molar-refractivity contribution in [2.45, 2.75) is 32.6 Å². The van der Waals surface area contributed by atoms with Crippen molar-refractivity contribution in [2.24, 2.45) is 7.05 Å². The Morgan fingerprint density at radius 1 is 1.43 bits per heavy atom. The van der Waals surface area contributed by atoms with Crippen LogP contribution in [0.4, 0.5) is 0 Å². The van der Waals surface area contributed by atoms with Gasteiger partial charge in [-0.05, 0) is 26.7 Å². The van der Waals surface area contributed by atoms with Gasteiger partial charge in [-0.25, -0.2) is 4.98 Å². The molecule has 0 unspecified atom stereocenters. The van der Waals surface area contributed by atoms with Crippen LogP contribution in [-0.4, -0.2) is 43.6 Å². The van der Waals surface area contributed by atoms with E-state index in [1.54, 1.807) is 10.9 Å². The molecule has 1 aliphatic rings. The summed E-state index contributed by atoms with van der Waals surface area (Å²) in [6.07, 6.45) is 5.73. The Hall–Kier alpha value is -2.11. The van der Waals surface area contributed by atoms with Crippen LogP contribution in [0.25, 0.3) is 0 Å². The third kappa shape index (κ3) is 2.70. The fourth-order valence-corrected chi connectivity index (χ4v) is 3.01. The Morgan fingerprint density at radius 2 is 2.24 bits per heavy atom. The van der Waals surface area contributed by atoms with Gasteiger partial charge in [0.2, 0.25) is 0 Å². The predicted molar refractivity (Wildman–Crippen MR) is 79.1 cm³/mol. The second-order valence-corrected chi connectivity index (χ2v) is 5.84. The predicted octanol–water partition coefficient (Wildman–Crippen LogP) is 1.78. The molecule has 1 amide bonds. The zero-order chi connectivity index (χ0) is 15.0. The molecule has 1 fully saturated rings. The van der Waals surface area contributed by atoms with E-state index in [4.69, 9.17) is 0 Å². The summed E-state index contributed by atoms with van der Waals surface area (Å²) in [5.41, 5.74) is 2.56. The summed E-state index contributed by atoms with van der Waals surface area (Å²) >= 11 is 0. The van der Waals surface area contributed by atoms with Crippen molar-refractivity contribution in [3.8, 4) is 0 Å². The Kier molecular flexibility index (Phi) is 3.53. The molecular weight excluding hydrogens is 266 g/mol. The largest absolute Gasteiger partial charge is 0.346 e. The summed E-state index contributed by atoms with van der Waals surface area (Å²) in [4.78, 5) is 22.3. The lowest BCUT2D eigenvalue weighted by Crippen LogP contribution is -2.39. The first kappa shape index (κ1) is 13.9. The zero-order valence-corrected chi connectivity index (χ0v) is 12.8. The molecule has 6 heteroatoms. The molecule has 1 atom stereocenters. The smallest absolute Gasteiger partial charge is 0.257 e. The van der Waals surface area contributed by atoms with Crippen LogP contribution in [0.15, 0.2) is 12.4 Å². The SMILES string of the molecule is Cc1cnc([C@@H]2CCCN(C(=O)c3cn(C)nc3C)C2)[nH]1. The molecule has 1 aliphatic heterocycles. The van der Waals surface area contributed by atoms with Crippen LogP contribution in [0.3, 0.4) is 0 Å². The van der Waals surface area contributed by atoms with E-state index in [9.17, 15) is 4.79 Å². The highest BCUT2D eigenvalue weighted by Gasteiger charge is 2.28. The molecule has 1 saturated heterocycles. The minimum atomic E-state index is 0.0774. The number of likely N-dealkylation sites (tertiary alicyclic amines) is 1. The van der Waals surface area contributed by atoms with Gasteiger partial charge in [0, 0.05) is 44.1 Å². The molecule has 3 rings (SSSR count). The standard InChI is InChI=1S/C15H21N5O/c1-10-7-16-14(17-10)12-5-4-6-20(8-12)15(21)13-9-19(3)18-11(13)2/h7,9,12H,4-6,8H2,1-3H3,(H,16,17)/t12-/m1/s1. The Morgan fingerprint density at radius 3 is 2.86 bits per heavy atom. The fourth-order valence-electron chi connectivity index (χ4n) is 3.01. The molecule has 0 bridgehead atoms. The maximum absolute atomic E-state index is 12.7. The lowest BCUT2D eigenvalue weighted by molar-refractivity contribution is 0.0704. The van der Waals surface area contributed by atoms with Crippen molar-refractivity contribution in [1.29, 1.82) is 0 Å². The number of aromatic nitrogens is 4. The molecule has 2 aromatic heterocycles. The van der Waals surface area contributed by atoms with Crippen LogP contribution in [0.1, 0.15) is 46.3 Å². The fraction of sp³-hybridized carbons (Fsp3) is 0.533. The number of nitrogens with one attached hydrogen (secondary N) is 1. The summed E-state index contributed by atoms with van der Waals surface area (Å²) < 4.78 is 1.69. The number of aromatic amines is 1. The highest BCUT2D eigenvalue weighted by molar-refractivity contribution is 5.95. The average Bonchev–Trinajstić information content (AvgIpc) is 3.04. The molecule has 112 valence electrons. The van der Waals surface area contributed by atoms with Crippen LogP contribution < -0.4 is 0 Å². The van der Waals surface area contributed by atoms with Crippen molar-refractivity contribution in [2.75, 3.05) is 13.1 Å². The van der Waals surface area contributed by atoms with Gasteiger partial charge in [0.05, 0.1) is 11.3 Å². The molecule has 0 saturated carbocycles. The van der Waals surface area contributed by atoms with E-state index in [1.807, 2.05) is 32.0 Å². The van der Waals surface area contributed by atoms with Gasteiger partial charge in [-0.3, -0.25) is 9.48 Å². The summed E-state index contributed by atoms with van der Waals surface area (Å²) in [5.74, 6) is 1.37. The molecule has 6 nitrogen and oxygen atoms in total. The van der Waals surface area contributed by atoms with Gasteiger partial charge in [-0.15, -0.1) is 0 Å². The van der Waals surface area contributed by atoms with Gasteiger partial charge in [0.25, 0.3) is 5.91 Å².